The van der Waals surface area contributed by atoms with Crippen LogP contribution >= 0.6 is 0 Å². The molecule has 102 valence electrons. The lowest BCUT2D eigenvalue weighted by molar-refractivity contribution is -0.149. The first-order valence-electron chi connectivity index (χ1n) is 4.99. The number of hydrogen-bond donors (Lipinski definition) is 0. The Kier molecular flexibility index (Phi) is 3.54. The molecular formula is C10H11F6NSi. The molecule has 18 heavy (non-hydrogen) atoms. The van der Waals surface area contributed by atoms with E-state index in [1.165, 1.54) is 0 Å². The molecule has 8 heteroatoms. The molecule has 0 aliphatic heterocycles. The van der Waals surface area contributed by atoms with Crippen LogP contribution in [0.5, 0.6) is 0 Å². The standard InChI is InChI=1S/C10H11F6NSi/c1-18(2,3)6-4-7(9(11,12)13)17-8(5-6)10(14,15)16/h4-5H,1-3H3. The quantitative estimate of drug-likeness (QED) is 0.567. The van der Waals surface area contributed by atoms with Crippen LogP contribution in [0.4, 0.5) is 26.3 Å². The normalized spacial score (nSPS) is 13.8. The van der Waals surface area contributed by atoms with E-state index >= 15 is 0 Å². The van der Waals surface area contributed by atoms with Gasteiger partial charge in [-0.2, -0.15) is 26.3 Å². The van der Waals surface area contributed by atoms with Crippen LogP contribution in [0, 0.1) is 0 Å². The fourth-order valence-electron chi connectivity index (χ4n) is 1.25. The molecule has 0 aliphatic rings. The van der Waals surface area contributed by atoms with Gasteiger partial charge in [0.2, 0.25) is 0 Å². The SMILES string of the molecule is C[Si](C)(C)c1cc(C(F)(F)F)nc(C(F)(F)F)c1. The smallest absolute Gasteiger partial charge is 0.239 e. The summed E-state index contributed by atoms with van der Waals surface area (Å²) in [6, 6.07) is 1.42. The second kappa shape index (κ2) is 4.25. The third-order valence-corrected chi connectivity index (χ3v) is 4.29. The summed E-state index contributed by atoms with van der Waals surface area (Å²) in [6.07, 6.45) is -9.76. The lowest BCUT2D eigenvalue weighted by Crippen LogP contribution is -2.39. The molecule has 1 heterocycles. The van der Waals surface area contributed by atoms with Crippen LogP contribution in [0.15, 0.2) is 12.1 Å². The Morgan fingerprint density at radius 3 is 1.39 bits per heavy atom. The summed E-state index contributed by atoms with van der Waals surface area (Å²) in [7, 11) is -2.29. The number of nitrogens with zero attached hydrogens (tertiary/aromatic N) is 1. The van der Waals surface area contributed by atoms with E-state index in [-0.39, 0.29) is 5.19 Å². The number of halogens is 6. The number of rotatable bonds is 1. The fraction of sp³-hybridized carbons (Fsp3) is 0.500. The zero-order valence-electron chi connectivity index (χ0n) is 9.87. The van der Waals surface area contributed by atoms with Crippen LogP contribution in [0.25, 0.3) is 0 Å². The summed E-state index contributed by atoms with van der Waals surface area (Å²) in [5, 5.41) is 0.0807. The summed E-state index contributed by atoms with van der Waals surface area (Å²) in [6.45, 7) is 5.01. The number of alkyl halides is 6. The van der Waals surface area contributed by atoms with E-state index in [0.29, 0.717) is 12.1 Å². The molecule has 0 saturated heterocycles. The fourth-order valence-corrected chi connectivity index (χ4v) is 2.39. The zero-order chi connectivity index (χ0) is 14.4. The lowest BCUT2D eigenvalue weighted by atomic mass is 10.3. The van der Waals surface area contributed by atoms with Crippen LogP contribution in [-0.2, 0) is 12.4 Å². The maximum Gasteiger partial charge on any atom is 0.433 e. The number of aromatic nitrogens is 1. The van der Waals surface area contributed by atoms with Gasteiger partial charge in [-0.15, -0.1) is 0 Å². The Hall–Kier alpha value is -1.05. The molecule has 0 amide bonds. The van der Waals surface area contributed by atoms with Crippen molar-refractivity contribution in [3.63, 3.8) is 0 Å². The van der Waals surface area contributed by atoms with E-state index in [0.717, 1.165) is 0 Å². The Morgan fingerprint density at radius 1 is 0.833 bits per heavy atom. The van der Waals surface area contributed by atoms with Crippen molar-refractivity contribution in [1.82, 2.24) is 4.98 Å². The maximum absolute atomic E-state index is 12.5. The number of hydrogen-bond acceptors (Lipinski definition) is 1. The Balaban J connectivity index is 3.49. The van der Waals surface area contributed by atoms with E-state index in [1.54, 1.807) is 19.6 Å². The molecule has 0 saturated carbocycles. The second-order valence-electron chi connectivity index (χ2n) is 4.87. The van der Waals surface area contributed by atoms with Crippen molar-refractivity contribution in [2.75, 3.05) is 0 Å². The zero-order valence-corrected chi connectivity index (χ0v) is 10.9. The minimum Gasteiger partial charge on any atom is -0.239 e. The van der Waals surface area contributed by atoms with Crippen LogP contribution < -0.4 is 5.19 Å². The van der Waals surface area contributed by atoms with Gasteiger partial charge in [-0.1, -0.05) is 24.8 Å². The molecule has 0 spiro atoms. The molecule has 0 N–H and O–H groups in total. The molecule has 0 aliphatic carbocycles. The van der Waals surface area contributed by atoms with Gasteiger partial charge in [0.15, 0.2) is 0 Å². The average molecular weight is 287 g/mol. The molecule has 1 aromatic rings. The first-order chi connectivity index (χ1) is 7.82. The van der Waals surface area contributed by atoms with Crippen molar-refractivity contribution in [2.45, 2.75) is 32.0 Å². The third-order valence-electron chi connectivity index (χ3n) is 2.27. The van der Waals surface area contributed by atoms with Crippen LogP contribution in [-0.4, -0.2) is 13.1 Å². The molecule has 1 rings (SSSR count). The van der Waals surface area contributed by atoms with Gasteiger partial charge in [0, 0.05) is 0 Å². The van der Waals surface area contributed by atoms with Gasteiger partial charge in [0.05, 0.1) is 8.07 Å². The highest BCUT2D eigenvalue weighted by molar-refractivity contribution is 6.88. The summed E-state index contributed by atoms with van der Waals surface area (Å²) in [4.78, 5) is 2.66. The first kappa shape index (κ1) is 15.0. The highest BCUT2D eigenvalue weighted by Crippen LogP contribution is 2.32. The van der Waals surface area contributed by atoms with E-state index < -0.39 is 31.8 Å². The van der Waals surface area contributed by atoms with Gasteiger partial charge in [-0.25, -0.2) is 4.98 Å². The monoisotopic (exact) mass is 287 g/mol. The predicted octanol–water partition coefficient (Wildman–Crippen LogP) is 3.66. The van der Waals surface area contributed by atoms with Gasteiger partial charge in [0.1, 0.15) is 11.4 Å². The van der Waals surface area contributed by atoms with E-state index in [9.17, 15) is 26.3 Å². The molecule has 0 unspecified atom stereocenters. The molecule has 0 atom stereocenters. The highest BCUT2D eigenvalue weighted by atomic mass is 28.3. The van der Waals surface area contributed by atoms with Crippen LogP contribution in [0.2, 0.25) is 19.6 Å². The van der Waals surface area contributed by atoms with Gasteiger partial charge < -0.3 is 0 Å². The van der Waals surface area contributed by atoms with Crippen molar-refractivity contribution in [3.8, 4) is 0 Å². The molecule has 0 radical (unpaired) electrons. The third kappa shape index (κ3) is 3.47. The molecular weight excluding hydrogens is 276 g/mol. The Bertz CT molecular complexity index is 364. The molecule has 1 aromatic heterocycles. The molecule has 1 nitrogen and oxygen atoms in total. The maximum atomic E-state index is 12.5. The largest absolute Gasteiger partial charge is 0.433 e. The van der Waals surface area contributed by atoms with Crippen LogP contribution in [0.1, 0.15) is 11.4 Å². The van der Waals surface area contributed by atoms with E-state index in [2.05, 4.69) is 4.98 Å². The van der Waals surface area contributed by atoms with Gasteiger partial charge in [0.25, 0.3) is 0 Å². The van der Waals surface area contributed by atoms with E-state index in [1.807, 2.05) is 0 Å². The minimum atomic E-state index is -4.88. The van der Waals surface area contributed by atoms with Crippen molar-refractivity contribution >= 4 is 13.3 Å². The lowest BCUT2D eigenvalue weighted by Gasteiger charge is -2.20. The topological polar surface area (TPSA) is 12.9 Å². The van der Waals surface area contributed by atoms with Crippen molar-refractivity contribution < 1.29 is 26.3 Å². The predicted molar refractivity (Wildman–Crippen MR) is 57.2 cm³/mol. The van der Waals surface area contributed by atoms with Crippen LogP contribution in [0.3, 0.4) is 0 Å². The molecule has 0 aromatic carbocycles. The van der Waals surface area contributed by atoms with Crippen molar-refractivity contribution in [1.29, 1.82) is 0 Å². The summed E-state index contributed by atoms with van der Waals surface area (Å²) in [5.41, 5.74) is -2.98. The van der Waals surface area contributed by atoms with Crippen molar-refractivity contribution in [2.24, 2.45) is 0 Å². The second-order valence-corrected chi connectivity index (χ2v) is 9.95. The summed E-state index contributed by atoms with van der Waals surface area (Å²) in [5.74, 6) is 0. The summed E-state index contributed by atoms with van der Waals surface area (Å²) < 4.78 is 75.1. The highest BCUT2D eigenvalue weighted by Gasteiger charge is 2.39. The van der Waals surface area contributed by atoms with E-state index in [4.69, 9.17) is 0 Å². The average Bonchev–Trinajstić information content (AvgIpc) is 2.13. The Morgan fingerprint density at radius 2 is 1.17 bits per heavy atom. The first-order valence-corrected chi connectivity index (χ1v) is 8.49. The Labute approximate surface area is 101 Å². The van der Waals surface area contributed by atoms with Gasteiger partial charge in [-0.05, 0) is 12.1 Å². The van der Waals surface area contributed by atoms with Gasteiger partial charge in [-0.3, -0.25) is 0 Å². The molecule has 0 bridgehead atoms. The van der Waals surface area contributed by atoms with Crippen molar-refractivity contribution in [3.05, 3.63) is 23.5 Å². The van der Waals surface area contributed by atoms with Gasteiger partial charge >= 0.3 is 12.4 Å². The summed E-state index contributed by atoms with van der Waals surface area (Å²) >= 11 is 0. The minimum absolute atomic E-state index is 0.0807. The molecule has 0 fully saturated rings. The number of pyridine rings is 1.